The van der Waals surface area contributed by atoms with E-state index in [1.165, 1.54) is 24.3 Å². The monoisotopic (exact) mass is 439 g/mol. The third-order valence-electron chi connectivity index (χ3n) is 5.96. The van der Waals surface area contributed by atoms with Crippen molar-refractivity contribution in [2.45, 2.75) is 37.1 Å². The molecule has 4 rings (SSSR count). The van der Waals surface area contributed by atoms with Crippen LogP contribution in [-0.4, -0.2) is 37.1 Å². The van der Waals surface area contributed by atoms with E-state index in [2.05, 4.69) is 5.32 Å². The van der Waals surface area contributed by atoms with Gasteiger partial charge in [0.2, 0.25) is 0 Å². The molecule has 1 fully saturated rings. The molecule has 6 heteroatoms. The minimum absolute atomic E-state index is 0.223. The van der Waals surface area contributed by atoms with Gasteiger partial charge in [0, 0.05) is 18.9 Å². The highest BCUT2D eigenvalue weighted by atomic mass is 19.1. The Morgan fingerprint density at radius 3 is 2.19 bits per heavy atom. The van der Waals surface area contributed by atoms with Gasteiger partial charge in [0.1, 0.15) is 17.4 Å². The van der Waals surface area contributed by atoms with E-state index in [-0.39, 0.29) is 29.7 Å². The molecule has 32 heavy (non-hydrogen) atoms. The van der Waals surface area contributed by atoms with Gasteiger partial charge in [-0.15, -0.1) is 0 Å². The number of methoxy groups -OCH3 is 1. The Bertz CT molecular complexity index is 965. The molecule has 1 aliphatic rings. The molecule has 0 spiro atoms. The summed E-state index contributed by atoms with van der Waals surface area (Å²) in [6, 6.07) is 20.0. The van der Waals surface area contributed by atoms with Crippen LogP contribution in [0, 0.1) is 11.6 Å². The largest absolute Gasteiger partial charge is 0.497 e. The van der Waals surface area contributed by atoms with Crippen molar-refractivity contribution in [1.82, 2.24) is 5.32 Å². The van der Waals surface area contributed by atoms with Gasteiger partial charge in [0.25, 0.3) is 0 Å². The van der Waals surface area contributed by atoms with E-state index >= 15 is 0 Å². The highest BCUT2D eigenvalue weighted by molar-refractivity contribution is 5.35. The van der Waals surface area contributed by atoms with E-state index in [0.29, 0.717) is 19.6 Å². The first-order chi connectivity index (χ1) is 15.5. The minimum Gasteiger partial charge on any atom is -0.497 e. The lowest BCUT2D eigenvalue weighted by Crippen LogP contribution is -2.50. The predicted molar refractivity (Wildman–Crippen MR) is 119 cm³/mol. The molecule has 0 radical (unpaired) electrons. The molecule has 0 saturated carbocycles. The van der Waals surface area contributed by atoms with Gasteiger partial charge in [-0.25, -0.2) is 8.78 Å². The Hall–Kier alpha value is -2.80. The molecule has 168 valence electrons. The molecule has 0 amide bonds. The molecular weight excluding hydrogens is 412 g/mol. The van der Waals surface area contributed by atoms with Crippen molar-refractivity contribution in [3.63, 3.8) is 0 Å². The summed E-state index contributed by atoms with van der Waals surface area (Å²) < 4.78 is 38.4. The van der Waals surface area contributed by atoms with Crippen molar-refractivity contribution < 1.29 is 23.4 Å². The first kappa shape index (κ1) is 22.4. The van der Waals surface area contributed by atoms with Crippen LogP contribution in [0.25, 0.3) is 0 Å². The summed E-state index contributed by atoms with van der Waals surface area (Å²) in [5.74, 6) is -0.104. The van der Waals surface area contributed by atoms with Gasteiger partial charge in [0.15, 0.2) is 0 Å². The average Bonchev–Trinajstić information content (AvgIpc) is 2.81. The Balaban J connectivity index is 1.47. The number of nitrogens with one attached hydrogen (secondary N) is 1. The molecule has 3 aromatic rings. The number of hydrogen-bond acceptors (Lipinski definition) is 4. The molecular formula is C26H27F2NO3. The van der Waals surface area contributed by atoms with E-state index < -0.39 is 6.10 Å². The predicted octanol–water partition coefficient (Wildman–Crippen LogP) is 4.41. The van der Waals surface area contributed by atoms with Gasteiger partial charge >= 0.3 is 0 Å². The maximum Gasteiger partial charge on any atom is 0.123 e. The van der Waals surface area contributed by atoms with Crippen molar-refractivity contribution in [2.24, 2.45) is 0 Å². The van der Waals surface area contributed by atoms with Gasteiger partial charge in [-0.2, -0.15) is 0 Å². The molecule has 2 N–H and O–H groups in total. The van der Waals surface area contributed by atoms with Gasteiger partial charge < -0.3 is 19.9 Å². The lowest BCUT2D eigenvalue weighted by molar-refractivity contribution is -0.0718. The highest BCUT2D eigenvalue weighted by Gasteiger charge is 2.35. The number of aliphatic hydroxyl groups is 1. The summed E-state index contributed by atoms with van der Waals surface area (Å²) in [4.78, 5) is 0. The third kappa shape index (κ3) is 5.33. The van der Waals surface area contributed by atoms with Crippen LogP contribution in [0.4, 0.5) is 8.78 Å². The lowest BCUT2D eigenvalue weighted by Gasteiger charge is -2.38. The Kier molecular flexibility index (Phi) is 7.15. The minimum atomic E-state index is -0.622. The number of ether oxygens (including phenoxy) is 2. The fourth-order valence-corrected chi connectivity index (χ4v) is 4.23. The number of rotatable bonds is 7. The maximum atomic E-state index is 13.5. The van der Waals surface area contributed by atoms with Crippen molar-refractivity contribution >= 4 is 0 Å². The molecule has 1 saturated heterocycles. The number of benzene rings is 3. The van der Waals surface area contributed by atoms with Crippen LogP contribution in [0.1, 0.15) is 29.0 Å². The van der Waals surface area contributed by atoms with Crippen LogP contribution < -0.4 is 10.1 Å². The first-order valence-corrected chi connectivity index (χ1v) is 10.7. The quantitative estimate of drug-likeness (QED) is 0.573. The average molecular weight is 440 g/mol. The molecule has 1 heterocycles. The first-order valence-electron chi connectivity index (χ1n) is 10.7. The van der Waals surface area contributed by atoms with E-state index in [1.54, 1.807) is 31.4 Å². The standard InChI is InChI=1S/C26H27F2NO3/c1-31-22-4-2-3-17(13-22)15-29-23-16-32-25(14-24(23)30)26(18-5-9-20(27)10-6-18)19-7-11-21(28)12-8-19/h2-13,23-26,29-30H,14-16H2,1H3. The normalized spacial score (nSPS) is 21.0. The van der Waals surface area contributed by atoms with Crippen LogP contribution in [0.5, 0.6) is 5.75 Å². The van der Waals surface area contributed by atoms with Crippen molar-refractivity contribution in [1.29, 1.82) is 0 Å². The molecule has 3 unspecified atom stereocenters. The van der Waals surface area contributed by atoms with Gasteiger partial charge in [-0.05, 0) is 53.1 Å². The van der Waals surface area contributed by atoms with E-state index in [1.807, 2.05) is 24.3 Å². The van der Waals surface area contributed by atoms with E-state index in [0.717, 1.165) is 22.4 Å². The van der Waals surface area contributed by atoms with Crippen LogP contribution in [0.15, 0.2) is 72.8 Å². The summed E-state index contributed by atoms with van der Waals surface area (Å²) >= 11 is 0. The van der Waals surface area contributed by atoms with Crippen molar-refractivity contribution in [3.05, 3.63) is 101 Å². The molecule has 0 aromatic heterocycles. The summed E-state index contributed by atoms with van der Waals surface area (Å²) in [5, 5.41) is 14.2. The van der Waals surface area contributed by atoms with Crippen molar-refractivity contribution in [3.8, 4) is 5.75 Å². The Labute approximate surface area is 186 Å². The summed E-state index contributed by atoms with van der Waals surface area (Å²) in [7, 11) is 1.63. The van der Waals surface area contributed by atoms with Gasteiger partial charge in [-0.1, -0.05) is 36.4 Å². The van der Waals surface area contributed by atoms with Crippen LogP contribution in [0.3, 0.4) is 0 Å². The fourth-order valence-electron chi connectivity index (χ4n) is 4.23. The molecule has 3 aromatic carbocycles. The number of halogens is 2. The third-order valence-corrected chi connectivity index (χ3v) is 5.96. The lowest BCUT2D eigenvalue weighted by atomic mass is 9.82. The fraction of sp³-hybridized carbons (Fsp3) is 0.308. The topological polar surface area (TPSA) is 50.7 Å². The summed E-state index contributed by atoms with van der Waals surface area (Å²) in [6.07, 6.45) is -0.548. The highest BCUT2D eigenvalue weighted by Crippen LogP contribution is 2.35. The molecule has 1 aliphatic heterocycles. The Morgan fingerprint density at radius 1 is 1.00 bits per heavy atom. The van der Waals surface area contributed by atoms with Crippen LogP contribution in [0.2, 0.25) is 0 Å². The summed E-state index contributed by atoms with van der Waals surface area (Å²) in [5.41, 5.74) is 2.77. The van der Waals surface area contributed by atoms with Crippen molar-refractivity contribution in [2.75, 3.05) is 13.7 Å². The SMILES string of the molecule is COc1cccc(CNC2COC(C(c3ccc(F)cc3)c3ccc(F)cc3)CC2O)c1. The number of aliphatic hydroxyl groups excluding tert-OH is 1. The molecule has 3 atom stereocenters. The van der Waals surface area contributed by atoms with Gasteiger partial charge in [0.05, 0.1) is 32.0 Å². The summed E-state index contributed by atoms with van der Waals surface area (Å²) in [6.45, 7) is 0.904. The second-order valence-corrected chi connectivity index (χ2v) is 8.09. The van der Waals surface area contributed by atoms with E-state index in [4.69, 9.17) is 9.47 Å². The molecule has 4 nitrogen and oxygen atoms in total. The van der Waals surface area contributed by atoms with E-state index in [9.17, 15) is 13.9 Å². The zero-order valence-electron chi connectivity index (χ0n) is 17.9. The molecule has 0 aliphatic carbocycles. The zero-order valence-corrected chi connectivity index (χ0v) is 17.9. The Morgan fingerprint density at radius 2 is 1.62 bits per heavy atom. The number of hydrogen-bond donors (Lipinski definition) is 2. The van der Waals surface area contributed by atoms with Crippen LogP contribution in [-0.2, 0) is 11.3 Å². The second-order valence-electron chi connectivity index (χ2n) is 8.09. The maximum absolute atomic E-state index is 13.5. The smallest absolute Gasteiger partial charge is 0.123 e. The molecule has 0 bridgehead atoms. The zero-order chi connectivity index (χ0) is 22.5. The second kappa shape index (κ2) is 10.2. The van der Waals surface area contributed by atoms with Gasteiger partial charge in [-0.3, -0.25) is 0 Å². The van der Waals surface area contributed by atoms with Crippen LogP contribution >= 0.6 is 0 Å².